The minimum atomic E-state index is 0.238. The number of carbonyl (C=O) groups excluding carboxylic acids is 1. The molecule has 1 N–H and O–H groups in total. The Morgan fingerprint density at radius 3 is 2.75 bits per heavy atom. The van der Waals surface area contributed by atoms with E-state index >= 15 is 0 Å². The Hall–Kier alpha value is -2.30. The molecule has 1 fully saturated rings. The van der Waals surface area contributed by atoms with Crippen LogP contribution < -0.4 is 15.0 Å². The molecule has 0 spiro atoms. The number of benzene rings is 2. The van der Waals surface area contributed by atoms with Gasteiger partial charge in [0.05, 0.1) is 12.3 Å². The van der Waals surface area contributed by atoms with Crippen LogP contribution in [0.5, 0.6) is 5.75 Å². The molecule has 194 valence electrons. The van der Waals surface area contributed by atoms with Gasteiger partial charge in [0, 0.05) is 36.1 Å². The normalized spacial score (nSPS) is 22.4. The Labute approximate surface area is 222 Å². The first-order chi connectivity index (χ1) is 17.6. The first kappa shape index (κ1) is 26.8. The van der Waals surface area contributed by atoms with Gasteiger partial charge in [-0.3, -0.25) is 4.79 Å². The lowest BCUT2D eigenvalue weighted by Gasteiger charge is -2.44. The molecule has 36 heavy (non-hydrogen) atoms. The van der Waals surface area contributed by atoms with E-state index in [1.54, 1.807) is 0 Å². The van der Waals surface area contributed by atoms with Gasteiger partial charge < -0.3 is 15.0 Å². The van der Waals surface area contributed by atoms with Gasteiger partial charge in [0.1, 0.15) is 12.0 Å². The van der Waals surface area contributed by atoms with E-state index in [0.29, 0.717) is 29.9 Å². The van der Waals surface area contributed by atoms with Crippen molar-refractivity contribution in [1.29, 1.82) is 0 Å². The Bertz CT molecular complexity index is 1050. The van der Waals surface area contributed by atoms with Crippen LogP contribution in [-0.4, -0.2) is 39.6 Å². The molecule has 0 amide bonds. The van der Waals surface area contributed by atoms with Gasteiger partial charge in [-0.05, 0) is 91.9 Å². The van der Waals surface area contributed by atoms with E-state index in [-0.39, 0.29) is 5.92 Å². The Balaban J connectivity index is 1.63. The number of fused-ring (bicyclic) bond motifs is 1. The fourth-order valence-corrected chi connectivity index (χ4v) is 6.18. The number of hydrogen-bond donors (Lipinski definition) is 1. The van der Waals surface area contributed by atoms with E-state index in [1.165, 1.54) is 24.0 Å². The number of ether oxygens (including phenoxy) is 1. The van der Waals surface area contributed by atoms with Crippen molar-refractivity contribution in [2.75, 3.05) is 38.2 Å². The third kappa shape index (κ3) is 6.15. The third-order valence-electron chi connectivity index (χ3n) is 7.94. The number of nitrogens with one attached hydrogen (secondary N) is 1. The number of aryl methyl sites for hydroxylation is 1. The molecule has 4 nitrogen and oxygen atoms in total. The summed E-state index contributed by atoms with van der Waals surface area (Å²) in [6.07, 6.45) is 11.4. The highest BCUT2D eigenvalue weighted by Crippen LogP contribution is 2.44. The molecule has 4 unspecified atom stereocenters. The summed E-state index contributed by atoms with van der Waals surface area (Å²) >= 11 is 6.38. The summed E-state index contributed by atoms with van der Waals surface area (Å²) in [5.74, 6) is 2.97. The van der Waals surface area contributed by atoms with Crippen LogP contribution in [0.25, 0.3) is 0 Å². The van der Waals surface area contributed by atoms with Crippen LogP contribution in [0.15, 0.2) is 48.6 Å². The van der Waals surface area contributed by atoms with Crippen LogP contribution in [0.3, 0.4) is 0 Å². The highest BCUT2D eigenvalue weighted by molar-refractivity contribution is 6.30. The summed E-state index contributed by atoms with van der Waals surface area (Å²) in [6.45, 7) is 7.91. The molecule has 0 saturated heterocycles. The molecule has 4 atom stereocenters. The molecule has 4 rings (SSSR count). The van der Waals surface area contributed by atoms with Crippen molar-refractivity contribution in [3.8, 4) is 5.75 Å². The van der Waals surface area contributed by atoms with Crippen LogP contribution >= 0.6 is 11.6 Å². The number of rotatable bonds is 11. The second kappa shape index (κ2) is 12.8. The molecule has 2 aliphatic rings. The number of aldehydes is 1. The molecular weight excluding hydrogens is 468 g/mol. The van der Waals surface area contributed by atoms with E-state index in [9.17, 15) is 4.79 Å². The first-order valence-corrected chi connectivity index (χ1v) is 14.0. The Morgan fingerprint density at radius 2 is 2.06 bits per heavy atom. The molecule has 0 radical (unpaired) electrons. The van der Waals surface area contributed by atoms with Gasteiger partial charge in [-0.15, -0.1) is 0 Å². The minimum Gasteiger partial charge on any atom is -0.491 e. The van der Waals surface area contributed by atoms with Crippen molar-refractivity contribution >= 4 is 23.6 Å². The van der Waals surface area contributed by atoms with Gasteiger partial charge in [-0.1, -0.05) is 50.1 Å². The fourth-order valence-electron chi connectivity index (χ4n) is 5.98. The summed E-state index contributed by atoms with van der Waals surface area (Å²) in [4.78, 5) is 14.1. The maximum Gasteiger partial charge on any atom is 0.150 e. The van der Waals surface area contributed by atoms with Gasteiger partial charge in [0.15, 0.2) is 0 Å². The standard InChI is InChI=1S/C31H41ClN2O2/c1-4-6-8-24(17-33-3)29-12-10-25(29)18-34-19-26(28-13-11-27(32)16-23(28)7-5-2)21-36-31-14-9-22(20-35)15-30(31)34/h6,8-9,11,13-16,20,24-26,29,33H,4-5,7,10,12,17-19,21H2,1-3H3/b8-6+. The minimum absolute atomic E-state index is 0.238. The molecular formula is C31H41ClN2O2. The summed E-state index contributed by atoms with van der Waals surface area (Å²) < 4.78 is 6.40. The quantitative estimate of drug-likeness (QED) is 0.264. The predicted octanol–water partition coefficient (Wildman–Crippen LogP) is 6.92. The highest BCUT2D eigenvalue weighted by Gasteiger charge is 2.38. The summed E-state index contributed by atoms with van der Waals surface area (Å²) in [5, 5.41) is 4.20. The smallest absolute Gasteiger partial charge is 0.150 e. The molecule has 2 aromatic rings. The van der Waals surface area contributed by atoms with Crippen LogP contribution in [0.2, 0.25) is 5.02 Å². The summed E-state index contributed by atoms with van der Waals surface area (Å²) in [5.41, 5.74) is 4.40. The summed E-state index contributed by atoms with van der Waals surface area (Å²) in [7, 11) is 2.05. The molecule has 5 heteroatoms. The molecule has 1 aliphatic heterocycles. The van der Waals surface area contributed by atoms with Crippen molar-refractivity contribution < 1.29 is 9.53 Å². The van der Waals surface area contributed by atoms with Gasteiger partial charge in [-0.2, -0.15) is 0 Å². The highest BCUT2D eigenvalue weighted by atomic mass is 35.5. The number of nitrogens with zero attached hydrogens (tertiary/aromatic N) is 1. The van der Waals surface area contributed by atoms with Crippen LogP contribution in [-0.2, 0) is 6.42 Å². The van der Waals surface area contributed by atoms with Gasteiger partial charge in [-0.25, -0.2) is 0 Å². The fraction of sp³-hybridized carbons (Fsp3) is 0.516. The zero-order valence-electron chi connectivity index (χ0n) is 22.0. The average Bonchev–Trinajstić information content (AvgIpc) is 3.04. The van der Waals surface area contributed by atoms with E-state index < -0.39 is 0 Å². The molecule has 1 saturated carbocycles. The van der Waals surface area contributed by atoms with Crippen LogP contribution in [0, 0.1) is 17.8 Å². The number of allylic oxidation sites excluding steroid dienone is 1. The summed E-state index contributed by atoms with van der Waals surface area (Å²) in [6, 6.07) is 12.2. The molecule has 0 aromatic heterocycles. The molecule has 1 heterocycles. The molecule has 0 bridgehead atoms. The van der Waals surface area contributed by atoms with E-state index in [0.717, 1.165) is 61.6 Å². The zero-order chi connectivity index (χ0) is 25.5. The van der Waals surface area contributed by atoms with Gasteiger partial charge >= 0.3 is 0 Å². The topological polar surface area (TPSA) is 41.6 Å². The second-order valence-corrected chi connectivity index (χ2v) is 10.8. The van der Waals surface area contributed by atoms with E-state index in [2.05, 4.69) is 48.3 Å². The molecule has 2 aromatic carbocycles. The zero-order valence-corrected chi connectivity index (χ0v) is 22.8. The van der Waals surface area contributed by atoms with Crippen molar-refractivity contribution in [3.05, 3.63) is 70.3 Å². The predicted molar refractivity (Wildman–Crippen MR) is 151 cm³/mol. The second-order valence-electron chi connectivity index (χ2n) is 10.4. The van der Waals surface area contributed by atoms with Gasteiger partial charge in [0.2, 0.25) is 0 Å². The number of anilines is 1. The lowest BCUT2D eigenvalue weighted by atomic mass is 9.66. The lowest BCUT2D eigenvalue weighted by Crippen LogP contribution is -2.44. The van der Waals surface area contributed by atoms with Crippen molar-refractivity contribution in [2.24, 2.45) is 17.8 Å². The van der Waals surface area contributed by atoms with E-state index in [4.69, 9.17) is 16.3 Å². The van der Waals surface area contributed by atoms with Crippen LogP contribution in [0.1, 0.15) is 66.9 Å². The van der Waals surface area contributed by atoms with Crippen molar-refractivity contribution in [1.82, 2.24) is 5.32 Å². The monoisotopic (exact) mass is 508 g/mol. The van der Waals surface area contributed by atoms with Crippen molar-refractivity contribution in [2.45, 2.75) is 51.9 Å². The first-order valence-electron chi connectivity index (χ1n) is 13.6. The number of carbonyl (C=O) groups is 1. The number of hydrogen-bond acceptors (Lipinski definition) is 4. The average molecular weight is 509 g/mol. The van der Waals surface area contributed by atoms with Crippen molar-refractivity contribution in [3.63, 3.8) is 0 Å². The maximum absolute atomic E-state index is 11.6. The Morgan fingerprint density at radius 1 is 1.19 bits per heavy atom. The molecule has 1 aliphatic carbocycles. The Kier molecular flexibility index (Phi) is 9.50. The van der Waals surface area contributed by atoms with Crippen LogP contribution in [0.4, 0.5) is 5.69 Å². The third-order valence-corrected chi connectivity index (χ3v) is 8.18. The maximum atomic E-state index is 11.6. The van der Waals surface area contributed by atoms with E-state index in [1.807, 2.05) is 31.3 Å². The van der Waals surface area contributed by atoms with Gasteiger partial charge in [0.25, 0.3) is 0 Å². The SMILES string of the molecule is CC/C=C/C(CNC)C1CCC1CN1CC(c2ccc(Cl)cc2CCC)COc2ccc(C=O)cc21. The number of halogens is 1. The lowest BCUT2D eigenvalue weighted by molar-refractivity contribution is 0.112. The largest absolute Gasteiger partial charge is 0.491 e.